The zero-order valence-corrected chi connectivity index (χ0v) is 9.04. The van der Waals surface area contributed by atoms with Crippen molar-refractivity contribution in [3.63, 3.8) is 0 Å². The zero-order valence-electron chi connectivity index (χ0n) is 7.32. The number of hydrogen-bond donors (Lipinski definition) is 2. The molecule has 0 bridgehead atoms. The lowest BCUT2D eigenvalue weighted by atomic mass is 10.3. The first-order valence-corrected chi connectivity index (χ1v) is 5.74. The van der Waals surface area contributed by atoms with E-state index in [9.17, 15) is 4.79 Å². The number of carbonyl (C=O) groups is 1. The Kier molecular flexibility index (Phi) is 4.93. The van der Waals surface area contributed by atoms with Crippen LogP contribution in [0.15, 0.2) is 17.5 Å². The van der Waals surface area contributed by atoms with E-state index in [1.807, 2.05) is 11.4 Å². The maximum absolute atomic E-state index is 11.0. The second-order valence-corrected chi connectivity index (χ2v) is 4.13. The minimum atomic E-state index is 0.0894. The Balaban J connectivity index is 2.11. The third-order valence-electron chi connectivity index (χ3n) is 1.61. The van der Waals surface area contributed by atoms with Crippen LogP contribution in [0.1, 0.15) is 11.3 Å². The molecule has 0 aliphatic carbocycles. The SMILES string of the molecule is O=C(CCS)NCCc1cccs1. The molecule has 1 N–H and O–H groups in total. The average Bonchev–Trinajstić information content (AvgIpc) is 2.57. The molecule has 4 heteroatoms. The molecule has 0 saturated heterocycles. The number of thiophene rings is 1. The van der Waals surface area contributed by atoms with E-state index in [0.29, 0.717) is 12.2 Å². The van der Waals surface area contributed by atoms with Crippen molar-refractivity contribution in [1.29, 1.82) is 0 Å². The van der Waals surface area contributed by atoms with E-state index in [1.165, 1.54) is 4.88 Å². The van der Waals surface area contributed by atoms with Gasteiger partial charge in [0.25, 0.3) is 0 Å². The largest absolute Gasteiger partial charge is 0.356 e. The minimum absolute atomic E-state index is 0.0894. The first kappa shape index (κ1) is 10.6. The maximum Gasteiger partial charge on any atom is 0.220 e. The van der Waals surface area contributed by atoms with Crippen LogP contribution in [0.3, 0.4) is 0 Å². The monoisotopic (exact) mass is 215 g/mol. The Morgan fingerprint density at radius 3 is 3.08 bits per heavy atom. The molecule has 1 rings (SSSR count). The smallest absolute Gasteiger partial charge is 0.220 e. The summed E-state index contributed by atoms with van der Waals surface area (Å²) in [5, 5.41) is 4.89. The van der Waals surface area contributed by atoms with Crippen LogP contribution in [0, 0.1) is 0 Å². The van der Waals surface area contributed by atoms with Crippen LogP contribution in [0.25, 0.3) is 0 Å². The molecule has 0 saturated carbocycles. The average molecular weight is 215 g/mol. The van der Waals surface area contributed by atoms with Gasteiger partial charge in [-0.2, -0.15) is 12.6 Å². The van der Waals surface area contributed by atoms with Gasteiger partial charge < -0.3 is 5.32 Å². The van der Waals surface area contributed by atoms with Crippen molar-refractivity contribution >= 4 is 29.9 Å². The predicted octanol–water partition coefficient (Wildman–Crippen LogP) is 1.73. The van der Waals surface area contributed by atoms with Gasteiger partial charge in [0.05, 0.1) is 0 Å². The van der Waals surface area contributed by atoms with Gasteiger partial charge in [0.1, 0.15) is 0 Å². The molecule has 1 amide bonds. The van der Waals surface area contributed by atoms with Gasteiger partial charge in [-0.3, -0.25) is 4.79 Å². The molecule has 0 unspecified atom stereocenters. The first-order valence-electron chi connectivity index (χ1n) is 4.23. The molecular weight excluding hydrogens is 202 g/mol. The molecule has 0 radical (unpaired) electrons. The number of rotatable bonds is 5. The number of carbonyl (C=O) groups excluding carboxylic acids is 1. The topological polar surface area (TPSA) is 29.1 Å². The van der Waals surface area contributed by atoms with E-state index in [-0.39, 0.29) is 5.91 Å². The van der Waals surface area contributed by atoms with Crippen molar-refractivity contribution < 1.29 is 4.79 Å². The maximum atomic E-state index is 11.0. The summed E-state index contributed by atoms with van der Waals surface area (Å²) in [5.74, 6) is 0.705. The second-order valence-electron chi connectivity index (χ2n) is 2.65. The van der Waals surface area contributed by atoms with Crippen molar-refractivity contribution in [2.45, 2.75) is 12.8 Å². The van der Waals surface area contributed by atoms with Gasteiger partial charge in [-0.25, -0.2) is 0 Å². The lowest BCUT2D eigenvalue weighted by molar-refractivity contribution is -0.120. The summed E-state index contributed by atoms with van der Waals surface area (Å²) < 4.78 is 0. The van der Waals surface area contributed by atoms with Crippen LogP contribution >= 0.6 is 24.0 Å². The molecule has 1 heterocycles. The van der Waals surface area contributed by atoms with Crippen molar-refractivity contribution in [1.82, 2.24) is 5.32 Å². The Labute approximate surface area is 87.8 Å². The van der Waals surface area contributed by atoms with Gasteiger partial charge in [-0.1, -0.05) is 6.07 Å². The van der Waals surface area contributed by atoms with Gasteiger partial charge >= 0.3 is 0 Å². The normalized spacial score (nSPS) is 9.92. The zero-order chi connectivity index (χ0) is 9.52. The summed E-state index contributed by atoms with van der Waals surface area (Å²) in [6.45, 7) is 0.729. The van der Waals surface area contributed by atoms with Gasteiger partial charge in [-0.05, 0) is 23.6 Å². The Morgan fingerprint density at radius 1 is 1.62 bits per heavy atom. The second kappa shape index (κ2) is 6.05. The van der Waals surface area contributed by atoms with Crippen LogP contribution in [0.5, 0.6) is 0 Å². The summed E-state index contributed by atoms with van der Waals surface area (Å²) in [6, 6.07) is 4.10. The summed E-state index contributed by atoms with van der Waals surface area (Å²) in [6.07, 6.45) is 1.43. The molecule has 72 valence electrons. The lowest BCUT2D eigenvalue weighted by Crippen LogP contribution is -2.25. The van der Waals surface area contributed by atoms with E-state index in [1.54, 1.807) is 11.3 Å². The summed E-state index contributed by atoms with van der Waals surface area (Å²) in [7, 11) is 0. The third kappa shape index (κ3) is 4.33. The van der Waals surface area contributed by atoms with Gasteiger partial charge in [0.2, 0.25) is 5.91 Å². The molecule has 13 heavy (non-hydrogen) atoms. The highest BCUT2D eigenvalue weighted by atomic mass is 32.1. The number of amides is 1. The summed E-state index contributed by atoms with van der Waals surface area (Å²) >= 11 is 5.70. The number of thiol groups is 1. The summed E-state index contributed by atoms with van der Waals surface area (Å²) in [5.41, 5.74) is 0. The fourth-order valence-corrected chi connectivity index (χ4v) is 1.88. The standard InChI is InChI=1S/C9H13NOS2/c11-9(4-6-12)10-5-3-8-2-1-7-13-8/h1-2,7,12H,3-6H2,(H,10,11). The molecule has 0 aliphatic rings. The van der Waals surface area contributed by atoms with Gasteiger partial charge in [0.15, 0.2) is 0 Å². The van der Waals surface area contributed by atoms with Gasteiger partial charge in [-0.15, -0.1) is 11.3 Å². The first-order chi connectivity index (χ1) is 6.33. The van der Waals surface area contributed by atoms with E-state index < -0.39 is 0 Å². The molecule has 1 aromatic heterocycles. The van der Waals surface area contributed by atoms with Crippen molar-refractivity contribution in [2.75, 3.05) is 12.3 Å². The van der Waals surface area contributed by atoms with Crippen LogP contribution in [-0.4, -0.2) is 18.2 Å². The van der Waals surface area contributed by atoms with E-state index in [4.69, 9.17) is 0 Å². The quantitative estimate of drug-likeness (QED) is 0.720. The highest BCUT2D eigenvalue weighted by molar-refractivity contribution is 7.80. The minimum Gasteiger partial charge on any atom is -0.356 e. The van der Waals surface area contributed by atoms with E-state index in [0.717, 1.165) is 13.0 Å². The highest BCUT2D eigenvalue weighted by Crippen LogP contribution is 2.07. The van der Waals surface area contributed by atoms with Crippen molar-refractivity contribution in [3.05, 3.63) is 22.4 Å². The van der Waals surface area contributed by atoms with E-state index >= 15 is 0 Å². The van der Waals surface area contributed by atoms with Crippen LogP contribution in [0.4, 0.5) is 0 Å². The highest BCUT2D eigenvalue weighted by Gasteiger charge is 1.98. The van der Waals surface area contributed by atoms with Crippen LogP contribution < -0.4 is 5.32 Å². The lowest BCUT2D eigenvalue weighted by Gasteiger charge is -2.01. The van der Waals surface area contributed by atoms with Crippen LogP contribution in [0.2, 0.25) is 0 Å². The van der Waals surface area contributed by atoms with Gasteiger partial charge in [0, 0.05) is 17.8 Å². The fourth-order valence-electron chi connectivity index (χ4n) is 0.970. The Bertz CT molecular complexity index is 246. The molecule has 0 fully saturated rings. The molecular formula is C9H13NOS2. The number of nitrogens with one attached hydrogen (secondary N) is 1. The molecule has 1 aromatic rings. The van der Waals surface area contributed by atoms with E-state index in [2.05, 4.69) is 24.0 Å². The molecule has 0 aromatic carbocycles. The molecule has 0 spiro atoms. The van der Waals surface area contributed by atoms with Crippen molar-refractivity contribution in [2.24, 2.45) is 0 Å². The van der Waals surface area contributed by atoms with Crippen molar-refractivity contribution in [3.8, 4) is 0 Å². The Morgan fingerprint density at radius 2 is 2.46 bits per heavy atom. The molecule has 0 atom stereocenters. The molecule has 0 aliphatic heterocycles. The van der Waals surface area contributed by atoms with Crippen LogP contribution in [-0.2, 0) is 11.2 Å². The fraction of sp³-hybridized carbons (Fsp3) is 0.444. The Hall–Kier alpha value is -0.480. The molecule has 2 nitrogen and oxygen atoms in total. The third-order valence-corrected chi connectivity index (χ3v) is 2.77. The number of hydrogen-bond acceptors (Lipinski definition) is 3. The predicted molar refractivity (Wildman–Crippen MR) is 59.5 cm³/mol. The summed E-state index contributed by atoms with van der Waals surface area (Å²) in [4.78, 5) is 12.3.